The average molecular weight is 712 g/mol. The summed E-state index contributed by atoms with van der Waals surface area (Å²) in [5, 5.41) is 12.0. The molecule has 0 aliphatic carbocycles. The molecule has 12 aromatic rings. The molecule has 0 spiro atoms. The fourth-order valence-electron chi connectivity index (χ4n) is 9.34. The summed E-state index contributed by atoms with van der Waals surface area (Å²) in [4.78, 5) is 0. The molecule has 0 N–H and O–H groups in total. The molecule has 0 fully saturated rings. The number of aromatic nitrogens is 1. The van der Waals surface area contributed by atoms with Crippen LogP contribution in [0.15, 0.2) is 205 Å². The summed E-state index contributed by atoms with van der Waals surface area (Å²) in [5.41, 5.74) is 12.5. The SMILES string of the molecule is c1ccc(-c2ccc3ccc(-c4c5ccccc5c(-c5cccc6c5oc5ccc7c(c8ccccc8n7-c7ccccc7)c56)c5ccccc45)cc3c2)cc1. The zero-order valence-electron chi connectivity index (χ0n) is 30.4. The third kappa shape index (κ3) is 4.50. The van der Waals surface area contributed by atoms with E-state index in [9.17, 15) is 0 Å². The largest absolute Gasteiger partial charge is 0.455 e. The Kier molecular flexibility index (Phi) is 6.66. The van der Waals surface area contributed by atoms with Crippen molar-refractivity contribution in [2.45, 2.75) is 0 Å². The summed E-state index contributed by atoms with van der Waals surface area (Å²) in [5.74, 6) is 0. The van der Waals surface area contributed by atoms with E-state index in [0.29, 0.717) is 0 Å². The third-order valence-corrected chi connectivity index (χ3v) is 11.7. The van der Waals surface area contributed by atoms with Gasteiger partial charge in [0.2, 0.25) is 0 Å². The van der Waals surface area contributed by atoms with Gasteiger partial charge in [-0.2, -0.15) is 0 Å². The lowest BCUT2D eigenvalue weighted by molar-refractivity contribution is 0.670. The van der Waals surface area contributed by atoms with Gasteiger partial charge < -0.3 is 8.98 Å². The van der Waals surface area contributed by atoms with Crippen LogP contribution >= 0.6 is 0 Å². The highest BCUT2D eigenvalue weighted by Crippen LogP contribution is 2.48. The molecule has 2 nitrogen and oxygen atoms in total. The Labute approximate surface area is 323 Å². The minimum absolute atomic E-state index is 0.896. The van der Waals surface area contributed by atoms with E-state index in [4.69, 9.17) is 4.42 Å². The van der Waals surface area contributed by atoms with Crippen molar-refractivity contribution in [1.82, 2.24) is 4.57 Å². The van der Waals surface area contributed by atoms with E-state index >= 15 is 0 Å². The van der Waals surface area contributed by atoms with E-state index in [2.05, 4.69) is 205 Å². The van der Waals surface area contributed by atoms with Crippen LogP contribution < -0.4 is 0 Å². The van der Waals surface area contributed by atoms with Crippen LogP contribution in [-0.4, -0.2) is 4.57 Å². The molecule has 0 aliphatic rings. The monoisotopic (exact) mass is 711 g/mol. The molecule has 0 unspecified atom stereocenters. The molecule has 2 aromatic heterocycles. The first kappa shape index (κ1) is 31.0. The van der Waals surface area contributed by atoms with E-state index in [0.717, 1.165) is 33.2 Å². The summed E-state index contributed by atoms with van der Waals surface area (Å²) in [6.07, 6.45) is 0. The van der Waals surface area contributed by atoms with Crippen molar-refractivity contribution < 1.29 is 4.42 Å². The van der Waals surface area contributed by atoms with Gasteiger partial charge in [-0.1, -0.05) is 158 Å². The van der Waals surface area contributed by atoms with E-state index in [1.807, 2.05) is 0 Å². The Morgan fingerprint density at radius 2 is 0.929 bits per heavy atom. The van der Waals surface area contributed by atoms with Gasteiger partial charge >= 0.3 is 0 Å². The molecule has 2 heterocycles. The Morgan fingerprint density at radius 3 is 1.66 bits per heavy atom. The zero-order valence-corrected chi connectivity index (χ0v) is 30.4. The van der Waals surface area contributed by atoms with Crippen molar-refractivity contribution in [2.24, 2.45) is 0 Å². The lowest BCUT2D eigenvalue weighted by Crippen LogP contribution is -1.92. The number of fused-ring (bicyclic) bond motifs is 10. The molecule has 56 heavy (non-hydrogen) atoms. The smallest absolute Gasteiger partial charge is 0.143 e. The number of nitrogens with zero attached hydrogens (tertiary/aromatic N) is 1. The topological polar surface area (TPSA) is 18.1 Å². The van der Waals surface area contributed by atoms with Crippen LogP contribution in [0, 0.1) is 0 Å². The zero-order chi connectivity index (χ0) is 36.7. The molecule has 0 saturated carbocycles. The van der Waals surface area contributed by atoms with E-state index in [-0.39, 0.29) is 0 Å². The van der Waals surface area contributed by atoms with E-state index < -0.39 is 0 Å². The van der Waals surface area contributed by atoms with Gasteiger partial charge in [-0.15, -0.1) is 0 Å². The van der Waals surface area contributed by atoms with Crippen molar-refractivity contribution in [3.8, 4) is 39.1 Å². The van der Waals surface area contributed by atoms with Gasteiger partial charge in [-0.05, 0) is 97.0 Å². The van der Waals surface area contributed by atoms with Gasteiger partial charge in [0.15, 0.2) is 0 Å². The maximum atomic E-state index is 7.01. The highest BCUT2D eigenvalue weighted by atomic mass is 16.3. The van der Waals surface area contributed by atoms with Gasteiger partial charge in [0, 0.05) is 38.4 Å². The van der Waals surface area contributed by atoms with Crippen LogP contribution in [0.5, 0.6) is 0 Å². The minimum atomic E-state index is 0.896. The summed E-state index contributed by atoms with van der Waals surface area (Å²) < 4.78 is 9.39. The van der Waals surface area contributed by atoms with Crippen molar-refractivity contribution >= 4 is 76.1 Å². The Balaban J connectivity index is 1.13. The second-order valence-corrected chi connectivity index (χ2v) is 14.8. The quantitative estimate of drug-likeness (QED) is 0.166. The Morgan fingerprint density at radius 1 is 0.339 bits per heavy atom. The molecule has 0 amide bonds. The highest BCUT2D eigenvalue weighted by Gasteiger charge is 2.23. The number of hydrogen-bond acceptors (Lipinski definition) is 1. The number of benzene rings is 10. The Hall–Kier alpha value is -7.42. The molecule has 0 saturated heterocycles. The lowest BCUT2D eigenvalue weighted by Gasteiger charge is -2.18. The normalized spacial score (nSPS) is 11.9. The fourth-order valence-corrected chi connectivity index (χ4v) is 9.34. The van der Waals surface area contributed by atoms with Gasteiger partial charge in [-0.25, -0.2) is 0 Å². The first-order valence-corrected chi connectivity index (χ1v) is 19.3. The van der Waals surface area contributed by atoms with E-state index in [1.165, 1.54) is 81.9 Å². The van der Waals surface area contributed by atoms with Gasteiger partial charge in [-0.3, -0.25) is 0 Å². The second kappa shape index (κ2) is 12.0. The standard InChI is InChI=1S/C54H33NO/c1-3-14-34(15-4-1)36-28-26-35-27-29-37(33-38(35)32-36)50-40-18-7-9-20-42(40)51(43-21-10-8-19-41(43)50)45-23-13-24-46-53-49(56-54(45)46)31-30-48-52(53)44-22-11-12-25-47(44)55(48)39-16-5-2-6-17-39/h1-33H. The first-order chi connectivity index (χ1) is 27.8. The van der Waals surface area contributed by atoms with Crippen LogP contribution in [0.2, 0.25) is 0 Å². The average Bonchev–Trinajstić information content (AvgIpc) is 3.82. The van der Waals surface area contributed by atoms with Crippen molar-refractivity contribution in [2.75, 3.05) is 0 Å². The molecular weight excluding hydrogens is 679 g/mol. The predicted octanol–water partition coefficient (Wildman–Crippen LogP) is 15.1. The lowest BCUT2D eigenvalue weighted by atomic mass is 9.85. The molecule has 0 aliphatic heterocycles. The third-order valence-electron chi connectivity index (χ3n) is 11.7. The molecule has 10 aromatic carbocycles. The number of hydrogen-bond donors (Lipinski definition) is 0. The van der Waals surface area contributed by atoms with Gasteiger partial charge in [0.1, 0.15) is 11.2 Å². The first-order valence-electron chi connectivity index (χ1n) is 19.3. The second-order valence-electron chi connectivity index (χ2n) is 14.8. The van der Waals surface area contributed by atoms with Crippen LogP contribution in [0.4, 0.5) is 0 Å². The summed E-state index contributed by atoms with van der Waals surface area (Å²) in [7, 11) is 0. The number of para-hydroxylation sites is 3. The maximum absolute atomic E-state index is 7.01. The highest BCUT2D eigenvalue weighted by molar-refractivity contribution is 6.30. The van der Waals surface area contributed by atoms with Gasteiger partial charge in [0.05, 0.1) is 11.0 Å². The molecule has 0 bridgehead atoms. The van der Waals surface area contributed by atoms with Gasteiger partial charge in [0.25, 0.3) is 0 Å². The summed E-state index contributed by atoms with van der Waals surface area (Å²) in [6, 6.07) is 72.6. The van der Waals surface area contributed by atoms with Crippen LogP contribution in [0.25, 0.3) is 115 Å². The van der Waals surface area contributed by atoms with Crippen molar-refractivity contribution in [3.63, 3.8) is 0 Å². The molecule has 260 valence electrons. The molecule has 12 rings (SSSR count). The maximum Gasteiger partial charge on any atom is 0.143 e. The van der Waals surface area contributed by atoms with Crippen LogP contribution in [0.3, 0.4) is 0 Å². The fraction of sp³-hybridized carbons (Fsp3) is 0. The predicted molar refractivity (Wildman–Crippen MR) is 237 cm³/mol. The number of furan rings is 1. The molecule has 2 heteroatoms. The van der Waals surface area contributed by atoms with E-state index in [1.54, 1.807) is 0 Å². The molecular formula is C54H33NO. The van der Waals surface area contributed by atoms with Crippen LogP contribution in [0.1, 0.15) is 0 Å². The molecule has 0 radical (unpaired) electrons. The van der Waals surface area contributed by atoms with Crippen molar-refractivity contribution in [3.05, 3.63) is 200 Å². The summed E-state index contributed by atoms with van der Waals surface area (Å²) in [6.45, 7) is 0. The summed E-state index contributed by atoms with van der Waals surface area (Å²) >= 11 is 0. The Bertz CT molecular complexity index is 3460. The van der Waals surface area contributed by atoms with Crippen molar-refractivity contribution in [1.29, 1.82) is 0 Å². The minimum Gasteiger partial charge on any atom is -0.455 e. The molecule has 0 atom stereocenters. The van der Waals surface area contributed by atoms with Crippen LogP contribution in [-0.2, 0) is 0 Å². The number of rotatable bonds is 4.